The SMILES string of the molecule is Cc1c(C=CCN=[N+]=[N-])c2ccccc2n1C. The summed E-state index contributed by atoms with van der Waals surface area (Å²) in [6.07, 6.45) is 3.90. The standard InChI is InChI=1S/C13H14N4/c1-10-11(7-5-9-15-16-14)12-6-3-4-8-13(12)17(10)2/h3-8H,9H2,1-2H3. The molecule has 2 rings (SSSR count). The van der Waals surface area contributed by atoms with E-state index in [0.717, 1.165) is 0 Å². The van der Waals surface area contributed by atoms with Crippen molar-refractivity contribution in [2.24, 2.45) is 12.2 Å². The fourth-order valence-corrected chi connectivity index (χ4v) is 2.01. The lowest BCUT2D eigenvalue weighted by atomic mass is 10.1. The van der Waals surface area contributed by atoms with E-state index >= 15 is 0 Å². The number of nitrogens with zero attached hydrogens (tertiary/aromatic N) is 4. The van der Waals surface area contributed by atoms with Crippen LogP contribution >= 0.6 is 0 Å². The molecule has 0 aliphatic heterocycles. The van der Waals surface area contributed by atoms with Crippen molar-refractivity contribution in [2.45, 2.75) is 6.92 Å². The molecule has 4 heteroatoms. The number of hydrogen-bond acceptors (Lipinski definition) is 1. The first kappa shape index (κ1) is 11.3. The Bertz CT molecular complexity index is 616. The van der Waals surface area contributed by atoms with Gasteiger partial charge in [-0.15, -0.1) is 0 Å². The van der Waals surface area contributed by atoms with E-state index in [1.807, 2.05) is 24.3 Å². The van der Waals surface area contributed by atoms with Crippen LogP contribution in [0.2, 0.25) is 0 Å². The van der Waals surface area contributed by atoms with Crippen molar-refractivity contribution in [1.29, 1.82) is 0 Å². The summed E-state index contributed by atoms with van der Waals surface area (Å²) >= 11 is 0. The molecule has 0 bridgehead atoms. The first-order chi connectivity index (χ1) is 8.25. The largest absolute Gasteiger partial charge is 0.347 e. The Morgan fingerprint density at radius 1 is 1.41 bits per heavy atom. The molecule has 1 aromatic heterocycles. The van der Waals surface area contributed by atoms with Crippen LogP contribution in [0.5, 0.6) is 0 Å². The smallest absolute Gasteiger partial charge is 0.0486 e. The van der Waals surface area contributed by atoms with Crippen molar-refractivity contribution in [3.8, 4) is 0 Å². The van der Waals surface area contributed by atoms with Crippen molar-refractivity contribution < 1.29 is 0 Å². The van der Waals surface area contributed by atoms with Crippen LogP contribution in [-0.4, -0.2) is 11.1 Å². The van der Waals surface area contributed by atoms with Crippen LogP contribution < -0.4 is 0 Å². The number of benzene rings is 1. The second-order valence-corrected chi connectivity index (χ2v) is 3.89. The highest BCUT2D eigenvalue weighted by Gasteiger charge is 2.07. The van der Waals surface area contributed by atoms with Crippen molar-refractivity contribution in [1.82, 2.24) is 4.57 Å². The molecule has 4 nitrogen and oxygen atoms in total. The predicted molar refractivity (Wildman–Crippen MR) is 70.7 cm³/mol. The Morgan fingerprint density at radius 3 is 2.94 bits per heavy atom. The van der Waals surface area contributed by atoms with E-state index in [2.05, 4.69) is 40.7 Å². The predicted octanol–water partition coefficient (Wildman–Crippen LogP) is 3.81. The van der Waals surface area contributed by atoms with Gasteiger partial charge in [0, 0.05) is 40.7 Å². The third-order valence-electron chi connectivity index (χ3n) is 2.98. The summed E-state index contributed by atoms with van der Waals surface area (Å²) < 4.78 is 2.17. The summed E-state index contributed by atoms with van der Waals surface area (Å²) in [5.74, 6) is 0. The maximum absolute atomic E-state index is 8.21. The summed E-state index contributed by atoms with van der Waals surface area (Å²) in [6, 6.07) is 8.28. The molecule has 0 spiro atoms. The highest BCUT2D eigenvalue weighted by Crippen LogP contribution is 2.25. The quantitative estimate of drug-likeness (QED) is 0.434. The number of hydrogen-bond donors (Lipinski definition) is 0. The normalized spacial score (nSPS) is 10.9. The minimum absolute atomic E-state index is 0.388. The Hall–Kier alpha value is -2.19. The van der Waals surface area contributed by atoms with Gasteiger partial charge in [-0.1, -0.05) is 35.5 Å². The molecular formula is C13H14N4. The van der Waals surface area contributed by atoms with Crippen LogP contribution in [0.3, 0.4) is 0 Å². The summed E-state index contributed by atoms with van der Waals surface area (Å²) in [6.45, 7) is 2.48. The van der Waals surface area contributed by atoms with Gasteiger partial charge in [-0.2, -0.15) is 0 Å². The van der Waals surface area contributed by atoms with Crippen LogP contribution in [0.4, 0.5) is 0 Å². The number of azide groups is 1. The summed E-state index contributed by atoms with van der Waals surface area (Å²) in [5, 5.41) is 4.72. The lowest BCUT2D eigenvalue weighted by Crippen LogP contribution is -1.89. The van der Waals surface area contributed by atoms with Gasteiger partial charge in [0.05, 0.1) is 0 Å². The second-order valence-electron chi connectivity index (χ2n) is 3.89. The zero-order valence-corrected chi connectivity index (χ0v) is 9.96. The van der Waals surface area contributed by atoms with E-state index in [4.69, 9.17) is 5.53 Å². The number of aryl methyl sites for hydroxylation is 1. The van der Waals surface area contributed by atoms with Crippen molar-refractivity contribution in [3.63, 3.8) is 0 Å². The molecule has 17 heavy (non-hydrogen) atoms. The van der Waals surface area contributed by atoms with E-state index in [1.165, 1.54) is 22.2 Å². The molecule has 0 amide bonds. The maximum atomic E-state index is 8.21. The molecule has 0 N–H and O–H groups in total. The first-order valence-corrected chi connectivity index (χ1v) is 5.47. The van der Waals surface area contributed by atoms with Gasteiger partial charge in [0.25, 0.3) is 0 Å². The van der Waals surface area contributed by atoms with Gasteiger partial charge in [0.1, 0.15) is 0 Å². The van der Waals surface area contributed by atoms with Crippen LogP contribution in [0.25, 0.3) is 27.4 Å². The molecule has 0 atom stereocenters. The highest BCUT2D eigenvalue weighted by atomic mass is 15.1. The van der Waals surface area contributed by atoms with Gasteiger partial charge in [-0.3, -0.25) is 0 Å². The zero-order chi connectivity index (χ0) is 12.3. The molecular weight excluding hydrogens is 212 g/mol. The molecule has 0 radical (unpaired) electrons. The van der Waals surface area contributed by atoms with Crippen molar-refractivity contribution in [2.75, 3.05) is 6.54 Å². The lowest BCUT2D eigenvalue weighted by Gasteiger charge is -1.97. The van der Waals surface area contributed by atoms with Gasteiger partial charge in [0.15, 0.2) is 0 Å². The Labute approximate surface area is 99.8 Å². The van der Waals surface area contributed by atoms with E-state index in [9.17, 15) is 0 Å². The second kappa shape index (κ2) is 4.76. The maximum Gasteiger partial charge on any atom is 0.0486 e. The lowest BCUT2D eigenvalue weighted by molar-refractivity contribution is 0.916. The fourth-order valence-electron chi connectivity index (χ4n) is 2.01. The van der Waals surface area contributed by atoms with Crippen LogP contribution in [0.15, 0.2) is 35.5 Å². The minimum atomic E-state index is 0.388. The van der Waals surface area contributed by atoms with Gasteiger partial charge in [0.2, 0.25) is 0 Å². The average Bonchev–Trinajstić information content (AvgIpc) is 2.60. The molecule has 1 heterocycles. The van der Waals surface area contributed by atoms with E-state index in [-0.39, 0.29) is 0 Å². The van der Waals surface area contributed by atoms with Crippen LogP contribution in [0, 0.1) is 6.92 Å². The molecule has 0 aliphatic rings. The van der Waals surface area contributed by atoms with E-state index in [0.29, 0.717) is 6.54 Å². The van der Waals surface area contributed by atoms with Gasteiger partial charge in [-0.05, 0) is 18.5 Å². The minimum Gasteiger partial charge on any atom is -0.347 e. The monoisotopic (exact) mass is 226 g/mol. The van der Waals surface area contributed by atoms with Crippen molar-refractivity contribution >= 4 is 17.0 Å². The van der Waals surface area contributed by atoms with E-state index in [1.54, 1.807) is 0 Å². The Balaban J connectivity index is 2.49. The van der Waals surface area contributed by atoms with E-state index < -0.39 is 0 Å². The Morgan fingerprint density at radius 2 is 2.18 bits per heavy atom. The summed E-state index contributed by atoms with van der Waals surface area (Å²) in [7, 11) is 2.06. The molecule has 1 aromatic carbocycles. The Kier molecular flexibility index (Phi) is 3.17. The number of para-hydroxylation sites is 1. The summed E-state index contributed by atoms with van der Waals surface area (Å²) in [5.41, 5.74) is 11.8. The number of fused-ring (bicyclic) bond motifs is 1. The van der Waals surface area contributed by atoms with Gasteiger partial charge in [-0.25, -0.2) is 0 Å². The molecule has 2 aromatic rings. The molecule has 0 unspecified atom stereocenters. The third kappa shape index (κ3) is 2.03. The summed E-state index contributed by atoms with van der Waals surface area (Å²) in [4.78, 5) is 2.73. The molecule has 0 fully saturated rings. The fraction of sp³-hybridized carbons (Fsp3) is 0.231. The van der Waals surface area contributed by atoms with Crippen LogP contribution in [-0.2, 0) is 7.05 Å². The van der Waals surface area contributed by atoms with Gasteiger partial charge < -0.3 is 4.57 Å². The first-order valence-electron chi connectivity index (χ1n) is 5.47. The van der Waals surface area contributed by atoms with Crippen molar-refractivity contribution in [3.05, 3.63) is 52.0 Å². The highest BCUT2D eigenvalue weighted by molar-refractivity contribution is 5.91. The van der Waals surface area contributed by atoms with Gasteiger partial charge >= 0.3 is 0 Å². The molecule has 86 valence electrons. The number of aromatic nitrogens is 1. The third-order valence-corrected chi connectivity index (χ3v) is 2.98. The molecule has 0 saturated carbocycles. The van der Waals surface area contributed by atoms with Crippen LogP contribution in [0.1, 0.15) is 11.3 Å². The molecule has 0 aliphatic carbocycles. The zero-order valence-electron chi connectivity index (χ0n) is 9.96. The number of rotatable bonds is 3. The topological polar surface area (TPSA) is 53.7 Å². The molecule has 0 saturated heterocycles. The average molecular weight is 226 g/mol.